The minimum absolute atomic E-state index is 0.0361. The van der Waals surface area contributed by atoms with Crippen LogP contribution >= 0.6 is 23.2 Å². The second-order valence-corrected chi connectivity index (χ2v) is 7.27. The molecule has 1 aliphatic rings. The van der Waals surface area contributed by atoms with Gasteiger partial charge in [-0.05, 0) is 43.4 Å². The summed E-state index contributed by atoms with van der Waals surface area (Å²) in [6, 6.07) is 4.45. The first kappa shape index (κ1) is 20.1. The molecule has 1 aromatic heterocycles. The molecule has 8 heteroatoms. The summed E-state index contributed by atoms with van der Waals surface area (Å²) >= 11 is 12.3. The highest BCUT2D eigenvalue weighted by atomic mass is 35.5. The average molecular weight is 419 g/mol. The monoisotopic (exact) mass is 418 g/mol. The Morgan fingerprint density at radius 3 is 2.41 bits per heavy atom. The van der Waals surface area contributed by atoms with Gasteiger partial charge < -0.3 is 14.6 Å². The highest BCUT2D eigenvalue weighted by molar-refractivity contribution is 6.35. The summed E-state index contributed by atoms with van der Waals surface area (Å²) in [6.45, 7) is -2.95. The Bertz CT molecular complexity index is 765. The molecular weight excluding hydrogens is 399 g/mol. The molecule has 2 aromatic rings. The Morgan fingerprint density at radius 1 is 1.11 bits per heavy atom. The van der Waals surface area contributed by atoms with Crippen molar-refractivity contribution in [1.29, 1.82) is 0 Å². The van der Waals surface area contributed by atoms with Crippen LogP contribution in [0.15, 0.2) is 30.6 Å². The van der Waals surface area contributed by atoms with Crippen LogP contribution in [-0.4, -0.2) is 17.8 Å². The molecule has 1 heterocycles. The van der Waals surface area contributed by atoms with Gasteiger partial charge in [0.15, 0.2) is 23.9 Å². The number of nitrogens with one attached hydrogen (secondary N) is 1. The van der Waals surface area contributed by atoms with Gasteiger partial charge in [0.2, 0.25) is 0 Å². The number of pyridine rings is 1. The molecule has 1 saturated carbocycles. The van der Waals surface area contributed by atoms with Crippen LogP contribution in [0.1, 0.15) is 42.9 Å². The molecule has 0 radical (unpaired) electrons. The molecule has 0 bridgehead atoms. The van der Waals surface area contributed by atoms with Crippen molar-refractivity contribution in [2.24, 2.45) is 0 Å². The minimum Gasteiger partial charge on any atom is -0.487 e. The van der Waals surface area contributed by atoms with Gasteiger partial charge in [0, 0.05) is 12.0 Å². The number of aromatic nitrogens is 1. The molecule has 1 aromatic carbocycles. The maximum Gasteiger partial charge on any atom is 0.387 e. The van der Waals surface area contributed by atoms with Gasteiger partial charge in [-0.15, -0.1) is 0 Å². The van der Waals surface area contributed by atoms with E-state index >= 15 is 0 Å². The number of aliphatic hydroxyl groups is 1. The summed E-state index contributed by atoms with van der Waals surface area (Å²) < 4.78 is 35.8. The number of aliphatic hydroxyl groups excluding tert-OH is 1. The summed E-state index contributed by atoms with van der Waals surface area (Å²) in [5.74, 6) is 0.163. The van der Waals surface area contributed by atoms with Crippen molar-refractivity contribution in [1.82, 2.24) is 0 Å². The van der Waals surface area contributed by atoms with Crippen LogP contribution in [0.3, 0.4) is 0 Å². The van der Waals surface area contributed by atoms with Crippen molar-refractivity contribution >= 4 is 23.2 Å². The zero-order valence-corrected chi connectivity index (χ0v) is 15.9. The van der Waals surface area contributed by atoms with Crippen LogP contribution in [0.5, 0.6) is 11.5 Å². The van der Waals surface area contributed by atoms with Crippen molar-refractivity contribution in [3.63, 3.8) is 0 Å². The first-order valence-electron chi connectivity index (χ1n) is 8.71. The molecule has 27 heavy (non-hydrogen) atoms. The van der Waals surface area contributed by atoms with Crippen LogP contribution in [-0.2, 0) is 6.42 Å². The van der Waals surface area contributed by atoms with Gasteiger partial charge in [-0.2, -0.15) is 8.78 Å². The van der Waals surface area contributed by atoms with Crippen LogP contribution < -0.4 is 14.5 Å². The predicted molar refractivity (Wildman–Crippen MR) is 97.6 cm³/mol. The Morgan fingerprint density at radius 2 is 1.78 bits per heavy atom. The molecule has 0 amide bonds. The van der Waals surface area contributed by atoms with Crippen LogP contribution in [0.2, 0.25) is 10.0 Å². The Balaban J connectivity index is 1.83. The van der Waals surface area contributed by atoms with E-state index in [1.54, 1.807) is 12.4 Å². The summed E-state index contributed by atoms with van der Waals surface area (Å²) in [6.07, 6.45) is 6.16. The van der Waals surface area contributed by atoms with Gasteiger partial charge in [-0.3, -0.25) is 0 Å². The zero-order chi connectivity index (χ0) is 19.4. The Labute approximate surface area is 166 Å². The smallest absolute Gasteiger partial charge is 0.387 e. The van der Waals surface area contributed by atoms with E-state index in [2.05, 4.69) is 9.72 Å². The third-order valence-corrected chi connectivity index (χ3v) is 5.23. The van der Waals surface area contributed by atoms with E-state index in [-0.39, 0.29) is 24.0 Å². The lowest BCUT2D eigenvalue weighted by atomic mass is 10.0. The molecule has 1 aliphatic carbocycles. The van der Waals surface area contributed by atoms with Crippen molar-refractivity contribution in [2.45, 2.75) is 50.9 Å². The third-order valence-electron chi connectivity index (χ3n) is 4.56. The standard InChI is InChI=1S/C19H19Cl2F2NO3/c20-14-9-24-10-15(21)13(14)8-16(25)11-5-6-17(27-19(22)23)18(7-11)26-12-3-1-2-4-12/h5-7,9-10,12,16,19,25H,1-4,8H2/p+1/t16-/m0/s1. The number of benzene rings is 1. The molecule has 1 atom stereocenters. The quantitative estimate of drug-likeness (QED) is 0.687. The number of halogens is 4. The van der Waals surface area contributed by atoms with Gasteiger partial charge in [0.05, 0.1) is 12.2 Å². The molecule has 4 nitrogen and oxygen atoms in total. The second-order valence-electron chi connectivity index (χ2n) is 6.46. The van der Waals surface area contributed by atoms with Gasteiger partial charge in [0.25, 0.3) is 0 Å². The molecule has 2 N–H and O–H groups in total. The molecule has 146 valence electrons. The van der Waals surface area contributed by atoms with E-state index in [0.29, 0.717) is 21.2 Å². The molecular formula is C19H20Cl2F2NO3+. The van der Waals surface area contributed by atoms with E-state index in [1.165, 1.54) is 18.2 Å². The first-order chi connectivity index (χ1) is 12.9. The lowest BCUT2D eigenvalue weighted by Gasteiger charge is -2.19. The van der Waals surface area contributed by atoms with E-state index < -0.39 is 12.7 Å². The Kier molecular flexibility index (Phi) is 6.73. The summed E-state index contributed by atoms with van der Waals surface area (Å²) in [5, 5.41) is 11.4. The third kappa shape index (κ3) is 5.21. The van der Waals surface area contributed by atoms with E-state index in [9.17, 15) is 13.9 Å². The number of ether oxygens (including phenoxy) is 2. The number of hydrogen-bond acceptors (Lipinski definition) is 3. The fraction of sp³-hybridized carbons (Fsp3) is 0.421. The maximum absolute atomic E-state index is 12.7. The Hall–Kier alpha value is -1.63. The van der Waals surface area contributed by atoms with Crippen molar-refractivity contribution < 1.29 is 28.3 Å². The normalized spacial score (nSPS) is 15.9. The number of H-pyrrole nitrogens is 1. The van der Waals surface area contributed by atoms with Crippen molar-refractivity contribution in [3.05, 3.63) is 51.8 Å². The fourth-order valence-electron chi connectivity index (χ4n) is 3.19. The summed E-state index contributed by atoms with van der Waals surface area (Å²) in [4.78, 5) is 2.80. The van der Waals surface area contributed by atoms with Gasteiger partial charge in [0.1, 0.15) is 10.0 Å². The van der Waals surface area contributed by atoms with E-state index in [1.807, 2.05) is 0 Å². The second kappa shape index (κ2) is 9.04. The highest BCUT2D eigenvalue weighted by Gasteiger charge is 2.22. The molecule has 3 rings (SSSR count). The minimum atomic E-state index is -2.95. The van der Waals surface area contributed by atoms with Gasteiger partial charge in [-0.1, -0.05) is 29.3 Å². The maximum atomic E-state index is 12.7. The topological polar surface area (TPSA) is 52.8 Å². The fourth-order valence-corrected chi connectivity index (χ4v) is 3.72. The molecule has 1 fully saturated rings. The predicted octanol–water partition coefficient (Wildman–Crippen LogP) is 5.01. The van der Waals surface area contributed by atoms with Crippen LogP contribution in [0.4, 0.5) is 8.78 Å². The first-order valence-corrected chi connectivity index (χ1v) is 9.47. The number of aromatic amines is 1. The van der Waals surface area contributed by atoms with Crippen LogP contribution in [0, 0.1) is 0 Å². The van der Waals surface area contributed by atoms with Crippen LogP contribution in [0.25, 0.3) is 0 Å². The number of alkyl halides is 2. The van der Waals surface area contributed by atoms with Gasteiger partial charge >= 0.3 is 6.61 Å². The average Bonchev–Trinajstić information content (AvgIpc) is 3.12. The molecule has 0 spiro atoms. The van der Waals surface area contributed by atoms with E-state index in [0.717, 1.165) is 25.7 Å². The van der Waals surface area contributed by atoms with Gasteiger partial charge in [-0.25, -0.2) is 4.98 Å². The SMILES string of the molecule is O[C@@H](Cc1c(Cl)c[nH+]cc1Cl)c1ccc(OC(F)F)c(OC2CCCC2)c1. The van der Waals surface area contributed by atoms with Crippen molar-refractivity contribution in [3.8, 4) is 11.5 Å². The highest BCUT2D eigenvalue weighted by Crippen LogP contribution is 2.36. The number of hydrogen-bond donors (Lipinski definition) is 1. The lowest BCUT2D eigenvalue weighted by molar-refractivity contribution is -0.377. The molecule has 0 aliphatic heterocycles. The van der Waals surface area contributed by atoms with E-state index in [4.69, 9.17) is 27.9 Å². The molecule has 0 saturated heterocycles. The van der Waals surface area contributed by atoms with Crippen molar-refractivity contribution in [2.75, 3.05) is 0 Å². The summed E-state index contributed by atoms with van der Waals surface area (Å²) in [7, 11) is 0. The molecule has 0 unspecified atom stereocenters. The number of rotatable bonds is 7. The summed E-state index contributed by atoms with van der Waals surface area (Å²) in [5.41, 5.74) is 1.10. The zero-order valence-electron chi connectivity index (χ0n) is 14.4. The largest absolute Gasteiger partial charge is 0.487 e. The lowest BCUT2D eigenvalue weighted by Crippen LogP contribution is -2.14.